The summed E-state index contributed by atoms with van der Waals surface area (Å²) < 4.78 is 0. The average molecular weight is 268 g/mol. The number of carboxylic acids is 1. The number of carbonyl (C=O) groups is 2. The van der Waals surface area contributed by atoms with Crippen molar-refractivity contribution >= 4 is 17.6 Å². The van der Waals surface area contributed by atoms with Crippen LogP contribution in [0.15, 0.2) is 12.1 Å². The zero-order chi connectivity index (χ0) is 14.7. The van der Waals surface area contributed by atoms with Crippen LogP contribution in [0.5, 0.6) is 0 Å². The minimum absolute atomic E-state index is 0.0613. The summed E-state index contributed by atoms with van der Waals surface area (Å²) in [6.07, 6.45) is -3.37. The number of carboxylic acid groups (broad SMARTS) is 1. The zero-order valence-electron chi connectivity index (χ0n) is 10.3. The highest BCUT2D eigenvalue weighted by atomic mass is 16.4. The molecule has 0 aromatic heterocycles. The molecular formula is C12H16N2O5. The second-order valence-electron chi connectivity index (χ2n) is 4.30. The number of aliphatic hydroxyl groups is 2. The maximum absolute atomic E-state index is 11.0. The van der Waals surface area contributed by atoms with Crippen LogP contribution in [0.2, 0.25) is 0 Å². The van der Waals surface area contributed by atoms with Gasteiger partial charge in [-0.25, -0.2) is 4.79 Å². The molecule has 2 atom stereocenters. The van der Waals surface area contributed by atoms with E-state index >= 15 is 0 Å². The Balaban J connectivity index is 3.19. The van der Waals surface area contributed by atoms with Crippen molar-refractivity contribution in [2.75, 3.05) is 5.73 Å². The molecule has 7 N–H and O–H groups in total. The van der Waals surface area contributed by atoms with Gasteiger partial charge >= 0.3 is 5.97 Å². The highest BCUT2D eigenvalue weighted by molar-refractivity contribution is 5.94. The quantitative estimate of drug-likeness (QED) is 0.457. The first-order valence-corrected chi connectivity index (χ1v) is 5.51. The summed E-state index contributed by atoms with van der Waals surface area (Å²) in [6, 6.07) is 2.81. The van der Waals surface area contributed by atoms with E-state index in [0.717, 1.165) is 0 Å². The largest absolute Gasteiger partial charge is 0.478 e. The first kappa shape index (κ1) is 14.9. The second-order valence-corrected chi connectivity index (χ2v) is 4.30. The number of nitrogen functional groups attached to an aromatic ring is 1. The Hall–Kier alpha value is -2.12. The third kappa shape index (κ3) is 3.43. The fraction of sp³-hybridized carbons (Fsp3) is 0.333. The number of aromatic carboxylic acids is 1. The molecule has 19 heavy (non-hydrogen) atoms. The molecule has 0 saturated carbocycles. The van der Waals surface area contributed by atoms with Crippen LogP contribution in [-0.2, 0) is 4.79 Å². The van der Waals surface area contributed by atoms with Crippen LogP contribution in [0, 0.1) is 6.92 Å². The lowest BCUT2D eigenvalue weighted by atomic mass is 9.95. The molecule has 2 unspecified atom stereocenters. The van der Waals surface area contributed by atoms with Crippen molar-refractivity contribution in [2.45, 2.75) is 25.6 Å². The van der Waals surface area contributed by atoms with E-state index in [2.05, 4.69) is 0 Å². The number of primary amides is 1. The Labute approximate surface area is 109 Å². The molecule has 1 aromatic carbocycles. The molecule has 0 radical (unpaired) electrons. The predicted molar refractivity (Wildman–Crippen MR) is 67.3 cm³/mol. The normalized spacial score (nSPS) is 13.8. The molecule has 7 heteroatoms. The van der Waals surface area contributed by atoms with Gasteiger partial charge in [0.1, 0.15) is 6.10 Å². The van der Waals surface area contributed by atoms with E-state index in [1.807, 2.05) is 0 Å². The molecule has 0 fully saturated rings. The van der Waals surface area contributed by atoms with Gasteiger partial charge in [-0.05, 0) is 18.6 Å². The molecule has 0 saturated heterocycles. The van der Waals surface area contributed by atoms with Crippen molar-refractivity contribution in [3.05, 3.63) is 28.8 Å². The van der Waals surface area contributed by atoms with Gasteiger partial charge in [-0.1, -0.05) is 6.07 Å². The van der Waals surface area contributed by atoms with E-state index in [-0.39, 0.29) is 16.8 Å². The van der Waals surface area contributed by atoms with Gasteiger partial charge in [0.05, 0.1) is 23.8 Å². The van der Waals surface area contributed by atoms with E-state index in [1.54, 1.807) is 6.92 Å². The van der Waals surface area contributed by atoms with Crippen LogP contribution < -0.4 is 11.5 Å². The zero-order valence-corrected chi connectivity index (χ0v) is 10.3. The number of aryl methyl sites for hydroxylation is 1. The van der Waals surface area contributed by atoms with Gasteiger partial charge in [0, 0.05) is 5.56 Å². The lowest BCUT2D eigenvalue weighted by Gasteiger charge is -2.20. The van der Waals surface area contributed by atoms with Crippen LogP contribution in [0.25, 0.3) is 0 Å². The van der Waals surface area contributed by atoms with E-state index < -0.39 is 30.5 Å². The number of hydrogen-bond acceptors (Lipinski definition) is 5. The minimum Gasteiger partial charge on any atom is -0.478 e. The van der Waals surface area contributed by atoms with Gasteiger partial charge in [-0.2, -0.15) is 0 Å². The Morgan fingerprint density at radius 3 is 2.37 bits per heavy atom. The summed E-state index contributed by atoms with van der Waals surface area (Å²) in [4.78, 5) is 21.7. The Morgan fingerprint density at radius 2 is 1.89 bits per heavy atom. The second kappa shape index (κ2) is 5.68. The van der Waals surface area contributed by atoms with Crippen LogP contribution in [0.3, 0.4) is 0 Å². The molecule has 104 valence electrons. The summed E-state index contributed by atoms with van der Waals surface area (Å²) in [5, 5.41) is 28.5. The summed E-state index contributed by atoms with van der Waals surface area (Å²) in [5.74, 6) is -2.02. The van der Waals surface area contributed by atoms with Gasteiger partial charge in [0.25, 0.3) is 0 Å². The van der Waals surface area contributed by atoms with Gasteiger partial charge in [0.2, 0.25) is 5.91 Å². The summed E-state index contributed by atoms with van der Waals surface area (Å²) >= 11 is 0. The molecule has 1 amide bonds. The minimum atomic E-state index is -1.48. The molecule has 1 aromatic rings. The van der Waals surface area contributed by atoms with Crippen LogP contribution >= 0.6 is 0 Å². The predicted octanol–water partition coefficient (Wildman–Crippen LogP) is -0.455. The first-order chi connectivity index (χ1) is 8.73. The maximum Gasteiger partial charge on any atom is 0.337 e. The third-order valence-electron chi connectivity index (χ3n) is 2.68. The fourth-order valence-electron chi connectivity index (χ4n) is 1.77. The molecule has 0 bridgehead atoms. The topological polar surface area (TPSA) is 147 Å². The van der Waals surface area contributed by atoms with Gasteiger partial charge in [-0.15, -0.1) is 0 Å². The summed E-state index contributed by atoms with van der Waals surface area (Å²) in [7, 11) is 0. The molecule has 0 aliphatic heterocycles. The van der Waals surface area contributed by atoms with Crippen molar-refractivity contribution in [3.63, 3.8) is 0 Å². The lowest BCUT2D eigenvalue weighted by molar-refractivity contribution is -0.121. The third-order valence-corrected chi connectivity index (χ3v) is 2.68. The van der Waals surface area contributed by atoms with E-state index in [1.165, 1.54) is 12.1 Å². The molecule has 7 nitrogen and oxygen atoms in total. The smallest absolute Gasteiger partial charge is 0.337 e. The monoisotopic (exact) mass is 268 g/mol. The first-order valence-electron chi connectivity index (χ1n) is 5.51. The van der Waals surface area contributed by atoms with Crippen molar-refractivity contribution in [1.82, 2.24) is 0 Å². The number of aliphatic hydroxyl groups excluding tert-OH is 2. The SMILES string of the molecule is Cc1cc(C(=O)O)c(N)c(C(O)C(O)CC(N)=O)c1. The summed E-state index contributed by atoms with van der Waals surface area (Å²) in [5.41, 5.74) is 10.9. The van der Waals surface area contributed by atoms with Gasteiger partial charge in [0.15, 0.2) is 0 Å². The van der Waals surface area contributed by atoms with E-state index in [9.17, 15) is 19.8 Å². The highest BCUT2D eigenvalue weighted by Crippen LogP contribution is 2.28. The highest BCUT2D eigenvalue weighted by Gasteiger charge is 2.25. The fourth-order valence-corrected chi connectivity index (χ4v) is 1.77. The van der Waals surface area contributed by atoms with Gasteiger partial charge in [-0.3, -0.25) is 4.79 Å². The molecule has 0 spiro atoms. The number of carbonyl (C=O) groups excluding carboxylic acids is 1. The Morgan fingerprint density at radius 1 is 1.32 bits per heavy atom. The number of benzene rings is 1. The Bertz CT molecular complexity index is 515. The molecule has 1 rings (SSSR count). The lowest BCUT2D eigenvalue weighted by Crippen LogP contribution is -2.26. The Kier molecular flexibility index (Phi) is 4.47. The van der Waals surface area contributed by atoms with Crippen LogP contribution in [-0.4, -0.2) is 33.3 Å². The summed E-state index contributed by atoms with van der Waals surface area (Å²) in [6.45, 7) is 1.63. The van der Waals surface area contributed by atoms with E-state index in [4.69, 9.17) is 16.6 Å². The molecular weight excluding hydrogens is 252 g/mol. The average Bonchev–Trinajstić information content (AvgIpc) is 2.29. The molecule has 0 aliphatic rings. The molecule has 0 heterocycles. The van der Waals surface area contributed by atoms with E-state index in [0.29, 0.717) is 5.56 Å². The van der Waals surface area contributed by atoms with Crippen LogP contribution in [0.4, 0.5) is 5.69 Å². The standard InChI is InChI=1S/C12H16N2O5/c1-5-2-6(10(14)7(3-5)12(18)19)11(17)8(15)4-9(13)16/h2-3,8,11,15,17H,4,14H2,1H3,(H2,13,16)(H,18,19). The molecule has 0 aliphatic carbocycles. The van der Waals surface area contributed by atoms with Crippen molar-refractivity contribution < 1.29 is 24.9 Å². The van der Waals surface area contributed by atoms with Crippen molar-refractivity contribution in [1.29, 1.82) is 0 Å². The van der Waals surface area contributed by atoms with Crippen molar-refractivity contribution in [2.24, 2.45) is 5.73 Å². The maximum atomic E-state index is 11.0. The number of rotatable bonds is 5. The van der Waals surface area contributed by atoms with Gasteiger partial charge < -0.3 is 26.8 Å². The van der Waals surface area contributed by atoms with Crippen LogP contribution in [0.1, 0.15) is 34.0 Å². The van der Waals surface area contributed by atoms with Crippen molar-refractivity contribution in [3.8, 4) is 0 Å². The number of nitrogens with two attached hydrogens (primary N) is 2. The number of amides is 1. The number of hydrogen-bond donors (Lipinski definition) is 5. The number of anilines is 1.